The largest absolute Gasteiger partial charge is 0.381 e. The predicted octanol–water partition coefficient (Wildman–Crippen LogP) is 2.01. The van der Waals surface area contributed by atoms with E-state index in [9.17, 15) is 13.2 Å². The number of carbonyl (C=O) groups excluding carboxylic acids is 1. The zero-order valence-corrected chi connectivity index (χ0v) is 15.3. The molecule has 0 radical (unpaired) electrons. The standard InChI is InChI=1S/C19H19N3O4S/c23-19(20-11-13-9-10-26-12-13)14-5-7-15(8-6-14)21-18-16-3-1-2-4-17(16)27(24,25)22-18/h1-8,13H,9-12H2,(H,20,23)(H,21,22). The summed E-state index contributed by atoms with van der Waals surface area (Å²) in [5.74, 6) is 0.515. The molecule has 140 valence electrons. The molecule has 2 heterocycles. The Hall–Kier alpha value is -2.71. The summed E-state index contributed by atoms with van der Waals surface area (Å²) < 4.78 is 33.3. The van der Waals surface area contributed by atoms with Gasteiger partial charge in [0.15, 0.2) is 5.84 Å². The Morgan fingerprint density at radius 2 is 1.93 bits per heavy atom. The van der Waals surface area contributed by atoms with Gasteiger partial charge in [0.05, 0.1) is 6.61 Å². The molecule has 8 heteroatoms. The first kappa shape index (κ1) is 17.7. The van der Waals surface area contributed by atoms with Crippen LogP contribution in [0, 0.1) is 5.92 Å². The Labute approximate surface area is 157 Å². The fourth-order valence-electron chi connectivity index (χ4n) is 3.12. The number of carbonyl (C=O) groups is 1. The van der Waals surface area contributed by atoms with Gasteiger partial charge in [-0.2, -0.15) is 8.42 Å². The van der Waals surface area contributed by atoms with Crippen LogP contribution in [0.2, 0.25) is 0 Å². The maximum Gasteiger partial charge on any atom is 0.285 e. The number of hydrogen-bond acceptors (Lipinski definition) is 5. The van der Waals surface area contributed by atoms with Crippen molar-refractivity contribution < 1.29 is 17.9 Å². The fraction of sp³-hybridized carbons (Fsp3) is 0.263. The zero-order valence-electron chi connectivity index (χ0n) is 14.5. The lowest BCUT2D eigenvalue weighted by Crippen LogP contribution is -2.29. The van der Waals surface area contributed by atoms with Crippen LogP contribution < -0.4 is 10.6 Å². The van der Waals surface area contributed by atoms with Crippen molar-refractivity contribution >= 4 is 27.5 Å². The number of ether oxygens (including phenoxy) is 1. The zero-order chi connectivity index (χ0) is 18.9. The molecule has 1 fully saturated rings. The van der Waals surface area contributed by atoms with Crippen LogP contribution in [0.3, 0.4) is 0 Å². The van der Waals surface area contributed by atoms with Gasteiger partial charge in [0, 0.05) is 35.9 Å². The summed E-state index contributed by atoms with van der Waals surface area (Å²) in [4.78, 5) is 12.4. The molecular formula is C19H19N3O4S. The van der Waals surface area contributed by atoms with Crippen LogP contribution >= 0.6 is 0 Å². The molecule has 27 heavy (non-hydrogen) atoms. The van der Waals surface area contributed by atoms with E-state index in [0.29, 0.717) is 35.9 Å². The lowest BCUT2D eigenvalue weighted by Gasteiger charge is -2.10. The topological polar surface area (TPSA) is 96.9 Å². The average Bonchev–Trinajstić information content (AvgIpc) is 3.27. The lowest BCUT2D eigenvalue weighted by molar-refractivity contribution is 0.0945. The monoisotopic (exact) mass is 385 g/mol. The SMILES string of the molecule is O=C(NCC1CCOC1)c1ccc(NC2=NS(=O)(=O)c3ccccc32)cc1. The highest BCUT2D eigenvalue weighted by Crippen LogP contribution is 2.26. The maximum atomic E-state index is 12.2. The molecule has 2 aliphatic rings. The van der Waals surface area contributed by atoms with Crippen molar-refractivity contribution in [3.8, 4) is 0 Å². The number of rotatable bonds is 4. The van der Waals surface area contributed by atoms with Gasteiger partial charge in [0.1, 0.15) is 4.90 Å². The average molecular weight is 385 g/mol. The minimum Gasteiger partial charge on any atom is -0.381 e. The van der Waals surface area contributed by atoms with Gasteiger partial charge in [-0.05, 0) is 42.8 Å². The highest BCUT2D eigenvalue weighted by Gasteiger charge is 2.28. The molecule has 1 atom stereocenters. The highest BCUT2D eigenvalue weighted by molar-refractivity contribution is 7.90. The van der Waals surface area contributed by atoms with Crippen LogP contribution in [0.25, 0.3) is 0 Å². The third-order valence-electron chi connectivity index (χ3n) is 4.62. The van der Waals surface area contributed by atoms with Gasteiger partial charge < -0.3 is 15.4 Å². The molecule has 0 bridgehead atoms. The van der Waals surface area contributed by atoms with Crippen LogP contribution in [0.15, 0.2) is 57.8 Å². The number of nitrogens with zero attached hydrogens (tertiary/aromatic N) is 1. The summed E-state index contributed by atoms with van der Waals surface area (Å²) in [5.41, 5.74) is 1.74. The van der Waals surface area contributed by atoms with Crippen LogP contribution in [-0.4, -0.2) is 39.9 Å². The first-order valence-electron chi connectivity index (χ1n) is 8.70. The van der Waals surface area contributed by atoms with Gasteiger partial charge in [-0.3, -0.25) is 4.79 Å². The summed E-state index contributed by atoms with van der Waals surface area (Å²) >= 11 is 0. The number of fused-ring (bicyclic) bond motifs is 1. The van der Waals surface area contributed by atoms with Crippen molar-refractivity contribution in [3.05, 3.63) is 59.7 Å². The number of anilines is 1. The molecule has 0 aromatic heterocycles. The molecule has 2 aliphatic heterocycles. The van der Waals surface area contributed by atoms with E-state index in [-0.39, 0.29) is 16.6 Å². The van der Waals surface area contributed by atoms with Crippen molar-refractivity contribution in [2.75, 3.05) is 25.1 Å². The summed E-state index contributed by atoms with van der Waals surface area (Å²) in [7, 11) is -3.66. The second kappa shape index (κ2) is 7.13. The van der Waals surface area contributed by atoms with Gasteiger partial charge in [-0.1, -0.05) is 12.1 Å². The van der Waals surface area contributed by atoms with Crippen molar-refractivity contribution in [2.24, 2.45) is 10.3 Å². The van der Waals surface area contributed by atoms with Crippen molar-refractivity contribution in [2.45, 2.75) is 11.3 Å². The van der Waals surface area contributed by atoms with Crippen LogP contribution in [0.5, 0.6) is 0 Å². The van der Waals surface area contributed by atoms with Crippen LogP contribution in [-0.2, 0) is 14.8 Å². The first-order chi connectivity index (χ1) is 13.0. The van der Waals surface area contributed by atoms with Crippen molar-refractivity contribution in [1.82, 2.24) is 5.32 Å². The number of amidine groups is 1. The van der Waals surface area contributed by atoms with E-state index in [4.69, 9.17) is 4.74 Å². The minimum absolute atomic E-state index is 0.139. The molecule has 7 nitrogen and oxygen atoms in total. The van der Waals surface area contributed by atoms with Gasteiger partial charge in [0.2, 0.25) is 0 Å². The van der Waals surface area contributed by atoms with E-state index in [1.807, 2.05) is 0 Å². The number of nitrogens with one attached hydrogen (secondary N) is 2. The summed E-state index contributed by atoms with van der Waals surface area (Å²) in [6.45, 7) is 2.05. The van der Waals surface area contributed by atoms with Crippen molar-refractivity contribution in [3.63, 3.8) is 0 Å². The van der Waals surface area contributed by atoms with Gasteiger partial charge in [-0.25, -0.2) is 0 Å². The molecule has 4 rings (SSSR count). The van der Waals surface area contributed by atoms with E-state index in [2.05, 4.69) is 15.0 Å². The van der Waals surface area contributed by atoms with E-state index in [1.54, 1.807) is 42.5 Å². The van der Waals surface area contributed by atoms with E-state index >= 15 is 0 Å². The number of sulfonamides is 1. The van der Waals surface area contributed by atoms with Gasteiger partial charge in [-0.15, -0.1) is 4.40 Å². The fourth-order valence-corrected chi connectivity index (χ4v) is 4.30. The Kier molecular flexibility index (Phi) is 4.67. The normalized spacial score (nSPS) is 20.0. The third-order valence-corrected chi connectivity index (χ3v) is 5.95. The molecule has 2 aromatic carbocycles. The number of hydrogen-bond donors (Lipinski definition) is 2. The molecule has 0 saturated carbocycles. The minimum atomic E-state index is -3.66. The van der Waals surface area contributed by atoms with Gasteiger partial charge >= 0.3 is 0 Å². The first-order valence-corrected chi connectivity index (χ1v) is 10.1. The van der Waals surface area contributed by atoms with Gasteiger partial charge in [0.25, 0.3) is 15.9 Å². The Morgan fingerprint density at radius 3 is 2.67 bits per heavy atom. The second-order valence-corrected chi connectivity index (χ2v) is 8.13. The quantitative estimate of drug-likeness (QED) is 0.839. The summed E-state index contributed by atoms with van der Waals surface area (Å²) in [5, 5.41) is 5.93. The molecule has 1 amide bonds. The molecule has 0 spiro atoms. The smallest absolute Gasteiger partial charge is 0.285 e. The molecule has 1 unspecified atom stereocenters. The maximum absolute atomic E-state index is 12.2. The molecule has 2 aromatic rings. The summed E-state index contributed by atoms with van der Waals surface area (Å²) in [6, 6.07) is 13.5. The summed E-state index contributed by atoms with van der Waals surface area (Å²) in [6.07, 6.45) is 0.968. The lowest BCUT2D eigenvalue weighted by atomic mass is 10.1. The predicted molar refractivity (Wildman–Crippen MR) is 101 cm³/mol. The molecule has 1 saturated heterocycles. The van der Waals surface area contributed by atoms with E-state index in [1.165, 1.54) is 6.07 Å². The molecule has 0 aliphatic carbocycles. The van der Waals surface area contributed by atoms with E-state index in [0.717, 1.165) is 13.0 Å². The molecule has 2 N–H and O–H groups in total. The van der Waals surface area contributed by atoms with Crippen LogP contribution in [0.1, 0.15) is 22.3 Å². The Balaban J connectivity index is 1.43. The van der Waals surface area contributed by atoms with E-state index < -0.39 is 10.0 Å². The Morgan fingerprint density at radius 1 is 1.15 bits per heavy atom. The van der Waals surface area contributed by atoms with Crippen LogP contribution in [0.4, 0.5) is 5.69 Å². The number of amides is 1. The Bertz CT molecular complexity index is 994. The highest BCUT2D eigenvalue weighted by atomic mass is 32.2. The number of benzene rings is 2. The van der Waals surface area contributed by atoms with Crippen molar-refractivity contribution in [1.29, 1.82) is 0 Å². The third kappa shape index (κ3) is 3.72. The second-order valence-electron chi connectivity index (χ2n) is 6.55. The molecular weight excluding hydrogens is 366 g/mol.